The van der Waals surface area contributed by atoms with E-state index in [4.69, 9.17) is 15.2 Å². The first kappa shape index (κ1) is 34.5. The lowest BCUT2D eigenvalue weighted by Crippen LogP contribution is -2.28. The predicted molar refractivity (Wildman–Crippen MR) is 190 cm³/mol. The number of nitrogen functional groups attached to an aromatic ring is 1. The van der Waals surface area contributed by atoms with Gasteiger partial charge >= 0.3 is 0 Å². The van der Waals surface area contributed by atoms with Crippen LogP contribution >= 0.6 is 0 Å². The Hall–Kier alpha value is -4.86. The van der Waals surface area contributed by atoms with Crippen molar-refractivity contribution < 1.29 is 26.3 Å². The van der Waals surface area contributed by atoms with Gasteiger partial charge in [-0.25, -0.2) is 16.8 Å². The van der Waals surface area contributed by atoms with E-state index < -0.39 is 25.3 Å². The molecule has 48 heavy (non-hydrogen) atoms. The number of sulfone groups is 2. The van der Waals surface area contributed by atoms with Crippen molar-refractivity contribution in [2.75, 3.05) is 5.73 Å². The molecule has 7 nitrogen and oxygen atoms in total. The molecule has 0 aliphatic heterocycles. The zero-order valence-corrected chi connectivity index (χ0v) is 29.2. The number of nitrogens with two attached hydrogens (primary N) is 1. The molecule has 0 bridgehead atoms. The third-order valence-electron chi connectivity index (χ3n) is 8.50. The molecule has 0 amide bonds. The molecule has 0 aliphatic rings. The molecule has 0 aromatic heterocycles. The SMILES string of the molecule is CCC(C)(Oc1ccc(S(=O)(=O)c2ccc(C(C)=C(C)C)cc2)cc1)c1ccc(S(=O)(=O)c2ccc(Oc3cccc(N)c3)cc2)cc1. The van der Waals surface area contributed by atoms with E-state index in [9.17, 15) is 16.8 Å². The molecule has 0 spiro atoms. The Morgan fingerprint density at radius 3 is 1.54 bits per heavy atom. The average Bonchev–Trinajstić information content (AvgIpc) is 3.08. The first-order valence-corrected chi connectivity index (χ1v) is 18.5. The molecule has 0 radical (unpaired) electrons. The molecular weight excluding hydrogens is 643 g/mol. The molecule has 0 saturated carbocycles. The standard InChI is InChI=1S/C39H39NO6S2/c1-6-39(5,46-33-16-24-38(25-17-33)47(41,42)35-18-10-29(11-19-35)28(4)27(2)3)30-12-20-36(21-13-30)48(43,44)37-22-14-32(15-23-37)45-34-9-7-8-31(40)26-34/h7-26H,6,40H2,1-5H3. The van der Waals surface area contributed by atoms with E-state index in [1.165, 1.54) is 29.8 Å². The predicted octanol–water partition coefficient (Wildman–Crippen LogP) is 9.24. The first-order chi connectivity index (χ1) is 22.7. The van der Waals surface area contributed by atoms with Crippen molar-refractivity contribution in [2.24, 2.45) is 0 Å². The van der Waals surface area contributed by atoms with Gasteiger partial charge in [0.15, 0.2) is 0 Å². The summed E-state index contributed by atoms with van der Waals surface area (Å²) in [7, 11) is -7.51. The van der Waals surface area contributed by atoms with Crippen LogP contribution in [0.5, 0.6) is 17.2 Å². The summed E-state index contributed by atoms with van der Waals surface area (Å²) in [5.74, 6) is 1.53. The van der Waals surface area contributed by atoms with E-state index in [-0.39, 0.29) is 19.6 Å². The Morgan fingerprint density at radius 1 is 0.625 bits per heavy atom. The van der Waals surface area contributed by atoms with E-state index in [0.717, 1.165) is 16.7 Å². The van der Waals surface area contributed by atoms with Crippen molar-refractivity contribution in [2.45, 2.75) is 66.2 Å². The normalized spacial score (nSPS) is 12.9. The van der Waals surface area contributed by atoms with Gasteiger partial charge in [0.25, 0.3) is 0 Å². The van der Waals surface area contributed by atoms with Crippen LogP contribution in [0.3, 0.4) is 0 Å². The molecule has 9 heteroatoms. The van der Waals surface area contributed by atoms with Gasteiger partial charge in [-0.3, -0.25) is 0 Å². The minimum Gasteiger partial charge on any atom is -0.483 e. The van der Waals surface area contributed by atoms with Crippen LogP contribution in [0.1, 0.15) is 52.2 Å². The van der Waals surface area contributed by atoms with Crippen molar-refractivity contribution in [3.63, 3.8) is 0 Å². The van der Waals surface area contributed by atoms with Gasteiger partial charge in [-0.15, -0.1) is 0 Å². The molecule has 5 aromatic carbocycles. The van der Waals surface area contributed by atoms with Crippen molar-refractivity contribution in [1.82, 2.24) is 0 Å². The highest BCUT2D eigenvalue weighted by Crippen LogP contribution is 2.34. The number of allylic oxidation sites excluding steroid dienone is 2. The van der Waals surface area contributed by atoms with Crippen LogP contribution in [0.2, 0.25) is 0 Å². The average molecular weight is 682 g/mol. The van der Waals surface area contributed by atoms with Crippen LogP contribution < -0.4 is 15.2 Å². The van der Waals surface area contributed by atoms with E-state index in [1.54, 1.807) is 84.9 Å². The van der Waals surface area contributed by atoms with E-state index in [0.29, 0.717) is 29.4 Å². The van der Waals surface area contributed by atoms with Gasteiger partial charge < -0.3 is 15.2 Å². The molecule has 0 aliphatic carbocycles. The van der Waals surface area contributed by atoms with Crippen LogP contribution in [-0.4, -0.2) is 16.8 Å². The highest BCUT2D eigenvalue weighted by Gasteiger charge is 2.28. The van der Waals surface area contributed by atoms with Crippen LogP contribution in [0.25, 0.3) is 5.57 Å². The molecule has 0 fully saturated rings. The molecule has 0 saturated heterocycles. The van der Waals surface area contributed by atoms with Gasteiger partial charge in [0.1, 0.15) is 22.8 Å². The monoisotopic (exact) mass is 681 g/mol. The van der Waals surface area contributed by atoms with Crippen molar-refractivity contribution >= 4 is 30.9 Å². The molecule has 5 aromatic rings. The zero-order valence-electron chi connectivity index (χ0n) is 27.6. The molecule has 1 unspecified atom stereocenters. The molecule has 1 atom stereocenters. The van der Waals surface area contributed by atoms with Gasteiger partial charge in [0.2, 0.25) is 19.7 Å². The Labute approximate surface area is 283 Å². The maximum Gasteiger partial charge on any atom is 0.206 e. The highest BCUT2D eigenvalue weighted by molar-refractivity contribution is 7.91. The number of hydrogen-bond acceptors (Lipinski definition) is 7. The lowest BCUT2D eigenvalue weighted by Gasteiger charge is -2.30. The second kappa shape index (κ2) is 13.7. The van der Waals surface area contributed by atoms with Gasteiger partial charge in [-0.2, -0.15) is 0 Å². The summed E-state index contributed by atoms with van der Waals surface area (Å²) in [6, 6.07) is 33.1. The third kappa shape index (κ3) is 7.32. The lowest BCUT2D eigenvalue weighted by atomic mass is 9.93. The summed E-state index contributed by atoms with van der Waals surface area (Å²) < 4.78 is 65.7. The Balaban J connectivity index is 1.29. The maximum atomic E-state index is 13.4. The van der Waals surface area contributed by atoms with Crippen molar-refractivity contribution in [3.8, 4) is 17.2 Å². The molecule has 5 rings (SSSR count). The van der Waals surface area contributed by atoms with Crippen LogP contribution in [-0.2, 0) is 25.3 Å². The van der Waals surface area contributed by atoms with E-state index >= 15 is 0 Å². The lowest BCUT2D eigenvalue weighted by molar-refractivity contribution is 0.0825. The van der Waals surface area contributed by atoms with Crippen LogP contribution in [0.15, 0.2) is 146 Å². The van der Waals surface area contributed by atoms with Gasteiger partial charge in [-0.05, 0) is 136 Å². The number of rotatable bonds is 11. The fourth-order valence-electron chi connectivity index (χ4n) is 5.11. The van der Waals surface area contributed by atoms with Gasteiger partial charge in [0, 0.05) is 11.8 Å². The molecule has 248 valence electrons. The van der Waals surface area contributed by atoms with Crippen molar-refractivity contribution in [3.05, 3.63) is 138 Å². The van der Waals surface area contributed by atoms with E-state index in [1.807, 2.05) is 46.8 Å². The van der Waals surface area contributed by atoms with Crippen LogP contribution in [0, 0.1) is 0 Å². The second-order valence-electron chi connectivity index (χ2n) is 12.0. The minimum atomic E-state index is -3.79. The number of anilines is 1. The fourth-order valence-corrected chi connectivity index (χ4v) is 7.64. The second-order valence-corrected chi connectivity index (χ2v) is 15.9. The summed E-state index contributed by atoms with van der Waals surface area (Å²) in [4.78, 5) is 0.669. The topological polar surface area (TPSA) is 113 Å². The van der Waals surface area contributed by atoms with Gasteiger partial charge in [-0.1, -0.05) is 42.8 Å². The Morgan fingerprint density at radius 2 is 1.08 bits per heavy atom. The molecule has 0 heterocycles. The molecular formula is C39H39NO6S2. The quantitative estimate of drug-likeness (QED) is 0.138. The summed E-state index contributed by atoms with van der Waals surface area (Å²) in [6.45, 7) is 9.94. The van der Waals surface area contributed by atoms with Crippen LogP contribution in [0.4, 0.5) is 5.69 Å². The molecule has 2 N–H and O–H groups in total. The summed E-state index contributed by atoms with van der Waals surface area (Å²) in [5, 5.41) is 0. The van der Waals surface area contributed by atoms with Gasteiger partial charge in [0.05, 0.1) is 19.6 Å². The number of benzene rings is 5. The van der Waals surface area contributed by atoms with E-state index in [2.05, 4.69) is 0 Å². The maximum absolute atomic E-state index is 13.4. The first-order valence-electron chi connectivity index (χ1n) is 15.5. The largest absolute Gasteiger partial charge is 0.483 e. The zero-order chi connectivity index (χ0) is 34.7. The Bertz CT molecular complexity index is 2150. The minimum absolute atomic E-state index is 0.138. The fraction of sp³-hybridized carbons (Fsp3) is 0.179. The number of hydrogen-bond donors (Lipinski definition) is 1. The van der Waals surface area contributed by atoms with Crippen molar-refractivity contribution in [1.29, 1.82) is 0 Å². The summed E-state index contributed by atoms with van der Waals surface area (Å²) >= 11 is 0. The summed E-state index contributed by atoms with van der Waals surface area (Å²) in [5.41, 5.74) is 9.61. The smallest absolute Gasteiger partial charge is 0.206 e. The number of ether oxygens (including phenoxy) is 2. The highest BCUT2D eigenvalue weighted by atomic mass is 32.2. The Kier molecular flexibility index (Phi) is 9.84. The third-order valence-corrected chi connectivity index (χ3v) is 12.1. The summed E-state index contributed by atoms with van der Waals surface area (Å²) in [6.07, 6.45) is 0.575.